The summed E-state index contributed by atoms with van der Waals surface area (Å²) in [6, 6.07) is 4.44. The third-order valence-corrected chi connectivity index (χ3v) is 9.51. The number of alkyl halides is 4. The molecule has 0 amide bonds. The smallest absolute Gasteiger partial charge is 0.418 e. The molecule has 3 N–H and O–H groups in total. The van der Waals surface area contributed by atoms with E-state index in [1.165, 1.54) is 13.0 Å². The molecule has 4 fully saturated rings. The van der Waals surface area contributed by atoms with Crippen LogP contribution in [0.4, 0.5) is 33.6 Å². The van der Waals surface area contributed by atoms with Gasteiger partial charge in [-0.05, 0) is 56.8 Å². The summed E-state index contributed by atoms with van der Waals surface area (Å²) in [4.78, 5) is 17.0. The van der Waals surface area contributed by atoms with E-state index in [4.69, 9.17) is 10.5 Å². The zero-order valence-corrected chi connectivity index (χ0v) is 24.0. The van der Waals surface area contributed by atoms with Crippen LogP contribution in [0.2, 0.25) is 0 Å². The quantitative estimate of drug-likeness (QED) is 0.401. The fourth-order valence-electron chi connectivity index (χ4n) is 7.67. The Balaban J connectivity index is 1.40. The third kappa shape index (κ3) is 4.77. The predicted octanol–water partition coefficient (Wildman–Crippen LogP) is 4.51. The van der Waals surface area contributed by atoms with E-state index in [2.05, 4.69) is 25.2 Å². The third-order valence-electron chi connectivity index (χ3n) is 9.51. The van der Waals surface area contributed by atoms with Crippen molar-refractivity contribution in [3.63, 3.8) is 0 Å². The van der Waals surface area contributed by atoms with Crippen LogP contribution in [0.5, 0.6) is 6.01 Å². The minimum absolute atomic E-state index is 0.0874. The van der Waals surface area contributed by atoms with Crippen LogP contribution in [0.15, 0.2) is 12.1 Å². The summed E-state index contributed by atoms with van der Waals surface area (Å²) in [5.74, 6) is -1.08. The first-order chi connectivity index (χ1) is 21.0. The van der Waals surface area contributed by atoms with E-state index in [0.29, 0.717) is 31.9 Å². The van der Waals surface area contributed by atoms with Gasteiger partial charge in [0.25, 0.3) is 0 Å². The van der Waals surface area contributed by atoms with E-state index in [9.17, 15) is 22.8 Å². The Morgan fingerprint density at radius 3 is 2.61 bits per heavy atom. The Morgan fingerprint density at radius 1 is 1.16 bits per heavy atom. The minimum atomic E-state index is -4.90. The fraction of sp³-hybridized carbons (Fsp3) is 0.533. The molecule has 6 heterocycles. The largest absolute Gasteiger partial charge is 0.461 e. The first kappa shape index (κ1) is 28.9. The zero-order chi connectivity index (χ0) is 31.0. The van der Waals surface area contributed by atoms with E-state index >= 15 is 4.39 Å². The second kappa shape index (κ2) is 10.4. The van der Waals surface area contributed by atoms with Crippen LogP contribution < -0.4 is 20.7 Å². The van der Waals surface area contributed by atoms with Gasteiger partial charge >= 0.3 is 12.2 Å². The number of benzene rings is 1. The number of nitrogens with zero attached hydrogens (tertiary/aromatic N) is 6. The average molecular weight is 615 g/mol. The summed E-state index contributed by atoms with van der Waals surface area (Å²) in [6.45, 7) is 3.48. The first-order valence-electron chi connectivity index (χ1n) is 14.8. The first-order valence-corrected chi connectivity index (χ1v) is 14.8. The summed E-state index contributed by atoms with van der Waals surface area (Å²) in [7, 11) is 0. The highest BCUT2D eigenvalue weighted by molar-refractivity contribution is 5.96. The highest BCUT2D eigenvalue weighted by atomic mass is 19.4. The second-order valence-corrected chi connectivity index (χ2v) is 12.4. The van der Waals surface area contributed by atoms with E-state index in [-0.39, 0.29) is 52.5 Å². The molecule has 14 heteroatoms. The number of hydrogen-bond acceptors (Lipinski definition) is 9. The molecule has 4 aliphatic heterocycles. The average Bonchev–Trinajstić information content (AvgIpc) is 3.60. The lowest BCUT2D eigenvalue weighted by atomic mass is 9.95. The molecule has 9 nitrogen and oxygen atoms in total. The Hall–Kier alpha value is -3.83. The van der Waals surface area contributed by atoms with Gasteiger partial charge in [0, 0.05) is 43.5 Å². The predicted molar refractivity (Wildman–Crippen MR) is 152 cm³/mol. The number of fused-ring (bicyclic) bond motifs is 4. The normalized spacial score (nSPS) is 26.8. The van der Waals surface area contributed by atoms with Crippen LogP contribution in [-0.2, 0) is 6.18 Å². The van der Waals surface area contributed by atoms with Crippen molar-refractivity contribution in [1.82, 2.24) is 25.2 Å². The zero-order valence-electron chi connectivity index (χ0n) is 24.0. The number of ether oxygens (including phenoxy) is 1. The van der Waals surface area contributed by atoms with Crippen molar-refractivity contribution in [3.8, 4) is 23.3 Å². The SMILES string of the molecule is Cc1cc(N)nc(-c2c(C#N)cc3c(N4CC5CCC(C4)N5)nc(OC[C@@]45CCCN4C[C@H](F)C5)nc3c2F)c1C(F)(F)F. The number of nitrogens with one attached hydrogen (secondary N) is 1. The standard InChI is InChI=1S/C30H31F5N8O/c1-15-7-21(37)39-26(23(15)30(33,34)35)22-16(10-36)8-20-25(24(22)32)40-28(41-27(20)42-12-18-3-4-19(13-42)38-18)44-14-29-5-2-6-43(29)11-17(31)9-29/h7-8,17-19,38H,2-6,9,11-14H2,1H3,(H2,37,39)/t17-,18?,19?,29+/m1/s1. The highest BCUT2D eigenvalue weighted by Gasteiger charge is 2.49. The lowest BCUT2D eigenvalue weighted by Gasteiger charge is -2.34. The molecular formula is C30H31F5N8O. The number of nitrogen functional groups attached to an aromatic ring is 1. The molecule has 7 rings (SSSR count). The van der Waals surface area contributed by atoms with Crippen molar-refractivity contribution in [3.05, 3.63) is 34.6 Å². The summed E-state index contributed by atoms with van der Waals surface area (Å²) >= 11 is 0. The fourth-order valence-corrected chi connectivity index (χ4v) is 7.67. The highest BCUT2D eigenvalue weighted by Crippen LogP contribution is 2.44. The molecule has 0 radical (unpaired) electrons. The number of pyridine rings is 1. The molecule has 4 saturated heterocycles. The van der Waals surface area contributed by atoms with Gasteiger partial charge in [-0.2, -0.15) is 28.4 Å². The number of piperazine rings is 1. The number of aromatic nitrogens is 3. The lowest BCUT2D eigenvalue weighted by molar-refractivity contribution is -0.137. The van der Waals surface area contributed by atoms with Crippen LogP contribution in [0.25, 0.3) is 22.2 Å². The number of nitriles is 1. The number of hydrogen-bond donors (Lipinski definition) is 2. The molecule has 0 aliphatic carbocycles. The Bertz CT molecular complexity index is 1680. The monoisotopic (exact) mass is 614 g/mol. The summed E-state index contributed by atoms with van der Waals surface area (Å²) in [6.07, 6.45) is -2.03. The molecule has 4 aliphatic rings. The molecule has 0 saturated carbocycles. The maximum Gasteiger partial charge on any atom is 0.418 e. The molecule has 232 valence electrons. The number of halogens is 5. The van der Waals surface area contributed by atoms with Crippen LogP contribution in [0.1, 0.15) is 48.8 Å². The summed E-state index contributed by atoms with van der Waals surface area (Å²) in [5, 5.41) is 13.8. The van der Waals surface area contributed by atoms with Gasteiger partial charge in [-0.3, -0.25) is 4.90 Å². The van der Waals surface area contributed by atoms with Crippen molar-refractivity contribution in [2.75, 3.05) is 43.4 Å². The summed E-state index contributed by atoms with van der Waals surface area (Å²) in [5.41, 5.74) is 1.78. The van der Waals surface area contributed by atoms with Gasteiger partial charge in [0.15, 0.2) is 5.82 Å². The molecular weight excluding hydrogens is 583 g/mol. The molecule has 2 bridgehead atoms. The van der Waals surface area contributed by atoms with E-state index in [0.717, 1.165) is 38.3 Å². The van der Waals surface area contributed by atoms with Crippen molar-refractivity contribution in [2.45, 2.75) is 69.0 Å². The van der Waals surface area contributed by atoms with Crippen LogP contribution in [-0.4, -0.2) is 76.4 Å². The van der Waals surface area contributed by atoms with Crippen LogP contribution >= 0.6 is 0 Å². The number of anilines is 2. The Morgan fingerprint density at radius 2 is 1.91 bits per heavy atom. The van der Waals surface area contributed by atoms with Gasteiger partial charge in [0.1, 0.15) is 29.9 Å². The Kier molecular flexibility index (Phi) is 6.82. The number of aryl methyl sites for hydroxylation is 1. The van der Waals surface area contributed by atoms with Gasteiger partial charge in [-0.15, -0.1) is 0 Å². The van der Waals surface area contributed by atoms with Crippen LogP contribution in [0, 0.1) is 24.1 Å². The molecule has 1 aromatic carbocycles. The van der Waals surface area contributed by atoms with Crippen LogP contribution in [0.3, 0.4) is 0 Å². The van der Waals surface area contributed by atoms with Gasteiger partial charge in [-0.1, -0.05) is 0 Å². The van der Waals surface area contributed by atoms with E-state index < -0.39 is 40.5 Å². The maximum absolute atomic E-state index is 16.7. The maximum atomic E-state index is 16.7. The van der Waals surface area contributed by atoms with Crippen molar-refractivity contribution >= 4 is 22.5 Å². The molecule has 2 aromatic heterocycles. The molecule has 4 atom stereocenters. The van der Waals surface area contributed by atoms with Crippen molar-refractivity contribution in [1.29, 1.82) is 5.26 Å². The van der Waals surface area contributed by atoms with Gasteiger partial charge in [-0.25, -0.2) is 13.8 Å². The Labute approximate surface area is 250 Å². The number of rotatable bonds is 5. The molecule has 0 spiro atoms. The van der Waals surface area contributed by atoms with Gasteiger partial charge < -0.3 is 20.7 Å². The van der Waals surface area contributed by atoms with E-state index in [1.807, 2.05) is 11.0 Å². The minimum Gasteiger partial charge on any atom is -0.461 e. The van der Waals surface area contributed by atoms with E-state index in [1.54, 1.807) is 0 Å². The summed E-state index contributed by atoms with van der Waals surface area (Å²) < 4.78 is 80.0. The molecule has 3 aromatic rings. The lowest BCUT2D eigenvalue weighted by Crippen LogP contribution is -2.51. The van der Waals surface area contributed by atoms with Crippen molar-refractivity contribution in [2.24, 2.45) is 0 Å². The molecule has 2 unspecified atom stereocenters. The topological polar surface area (TPSA) is 116 Å². The van der Waals surface area contributed by atoms with Crippen molar-refractivity contribution < 1.29 is 26.7 Å². The van der Waals surface area contributed by atoms with Gasteiger partial charge in [0.2, 0.25) is 0 Å². The molecule has 44 heavy (non-hydrogen) atoms. The number of nitrogens with two attached hydrogens (primary N) is 1. The second-order valence-electron chi connectivity index (χ2n) is 12.4. The van der Waals surface area contributed by atoms with Gasteiger partial charge in [0.05, 0.1) is 34.0 Å².